The molecule has 0 aliphatic carbocycles. The lowest BCUT2D eigenvalue weighted by molar-refractivity contribution is -0.119. The third kappa shape index (κ3) is 1.94. The summed E-state index contributed by atoms with van der Waals surface area (Å²) in [5.41, 5.74) is 12.9. The number of nitrogens with two attached hydrogens (primary N) is 2. The minimum absolute atomic E-state index is 0.263. The van der Waals surface area contributed by atoms with Gasteiger partial charge >= 0.3 is 0 Å². The number of piperidine rings is 1. The Labute approximate surface area is 101 Å². The molecule has 1 aromatic rings. The molecule has 1 aliphatic heterocycles. The summed E-state index contributed by atoms with van der Waals surface area (Å²) in [5, 5.41) is 4.28. The van der Waals surface area contributed by atoms with Gasteiger partial charge in [0.15, 0.2) is 5.82 Å². The van der Waals surface area contributed by atoms with Crippen molar-refractivity contribution in [1.82, 2.24) is 9.78 Å². The maximum atomic E-state index is 11.5. The normalized spacial score (nSPS) is 20.6. The standard InChI is InChI=1S/C11H19N5O/c1-7-9(12)11(15(2)14-7)16-6-4-3-5-8(16)10(13)17/h8H,3-6,12H2,1-2H3,(H2,13,17). The molecule has 4 N–H and O–H groups in total. The summed E-state index contributed by atoms with van der Waals surface area (Å²) in [5.74, 6) is 0.522. The molecule has 1 aliphatic rings. The number of rotatable bonds is 2. The zero-order valence-corrected chi connectivity index (χ0v) is 10.3. The largest absolute Gasteiger partial charge is 0.394 e. The van der Waals surface area contributed by atoms with Crippen molar-refractivity contribution in [3.63, 3.8) is 0 Å². The fraction of sp³-hybridized carbons (Fsp3) is 0.636. The van der Waals surface area contributed by atoms with Crippen molar-refractivity contribution in [3.8, 4) is 0 Å². The third-order valence-electron chi connectivity index (χ3n) is 3.34. The number of hydrogen-bond acceptors (Lipinski definition) is 4. The number of aromatic nitrogens is 2. The van der Waals surface area contributed by atoms with E-state index in [1.807, 2.05) is 18.9 Å². The number of aryl methyl sites for hydroxylation is 2. The molecule has 0 aromatic carbocycles. The highest BCUT2D eigenvalue weighted by Crippen LogP contribution is 2.30. The van der Waals surface area contributed by atoms with Gasteiger partial charge in [-0.3, -0.25) is 9.48 Å². The molecule has 0 spiro atoms. The van der Waals surface area contributed by atoms with Crippen molar-refractivity contribution in [2.45, 2.75) is 32.2 Å². The van der Waals surface area contributed by atoms with Gasteiger partial charge in [-0.2, -0.15) is 5.10 Å². The van der Waals surface area contributed by atoms with Gasteiger partial charge in [-0.15, -0.1) is 0 Å². The molecule has 0 saturated carbocycles. The van der Waals surface area contributed by atoms with Crippen LogP contribution < -0.4 is 16.4 Å². The van der Waals surface area contributed by atoms with Crippen LogP contribution in [0.2, 0.25) is 0 Å². The lowest BCUT2D eigenvalue weighted by Crippen LogP contribution is -2.48. The molecule has 2 rings (SSSR count). The molecular formula is C11H19N5O. The molecule has 1 fully saturated rings. The van der Waals surface area contributed by atoms with Crippen molar-refractivity contribution in [1.29, 1.82) is 0 Å². The van der Waals surface area contributed by atoms with Gasteiger partial charge in [0.2, 0.25) is 5.91 Å². The van der Waals surface area contributed by atoms with Gasteiger partial charge in [0.25, 0.3) is 0 Å². The zero-order valence-electron chi connectivity index (χ0n) is 10.3. The lowest BCUT2D eigenvalue weighted by atomic mass is 10.0. The Bertz CT molecular complexity index is 439. The Kier molecular flexibility index (Phi) is 2.95. The highest BCUT2D eigenvalue weighted by atomic mass is 16.1. The molecule has 94 valence electrons. The summed E-state index contributed by atoms with van der Waals surface area (Å²) in [6.45, 7) is 2.67. The summed E-state index contributed by atoms with van der Waals surface area (Å²) in [6.07, 6.45) is 2.87. The van der Waals surface area contributed by atoms with Gasteiger partial charge in [-0.25, -0.2) is 0 Å². The molecule has 0 bridgehead atoms. The average Bonchev–Trinajstić information content (AvgIpc) is 2.53. The second-order valence-corrected chi connectivity index (χ2v) is 4.55. The van der Waals surface area contributed by atoms with E-state index < -0.39 is 0 Å². The van der Waals surface area contributed by atoms with Crippen LogP contribution in [0.15, 0.2) is 0 Å². The summed E-state index contributed by atoms with van der Waals surface area (Å²) >= 11 is 0. The Morgan fingerprint density at radius 3 is 2.71 bits per heavy atom. The van der Waals surface area contributed by atoms with Gasteiger partial charge in [-0.1, -0.05) is 0 Å². The molecule has 6 heteroatoms. The summed E-state index contributed by atoms with van der Waals surface area (Å²) in [6, 6.07) is -0.263. The second kappa shape index (κ2) is 4.27. The van der Waals surface area contributed by atoms with Crippen LogP contribution in [0.4, 0.5) is 11.5 Å². The van der Waals surface area contributed by atoms with E-state index in [9.17, 15) is 4.79 Å². The number of amides is 1. The maximum absolute atomic E-state index is 11.5. The van der Waals surface area contributed by atoms with Gasteiger partial charge < -0.3 is 16.4 Å². The Balaban J connectivity index is 2.39. The van der Waals surface area contributed by atoms with E-state index >= 15 is 0 Å². The quantitative estimate of drug-likeness (QED) is 0.766. The van der Waals surface area contributed by atoms with E-state index in [-0.39, 0.29) is 11.9 Å². The van der Waals surface area contributed by atoms with E-state index in [4.69, 9.17) is 11.5 Å². The van der Waals surface area contributed by atoms with Crippen molar-refractivity contribution in [2.24, 2.45) is 12.8 Å². The number of anilines is 2. The van der Waals surface area contributed by atoms with Crippen molar-refractivity contribution >= 4 is 17.4 Å². The first-order valence-corrected chi connectivity index (χ1v) is 5.87. The maximum Gasteiger partial charge on any atom is 0.240 e. The van der Waals surface area contributed by atoms with Crippen LogP contribution in [0.5, 0.6) is 0 Å². The van der Waals surface area contributed by atoms with Crippen LogP contribution in [0.25, 0.3) is 0 Å². The number of primary amides is 1. The summed E-state index contributed by atoms with van der Waals surface area (Å²) in [4.78, 5) is 13.5. The Hall–Kier alpha value is -1.72. The van der Waals surface area contributed by atoms with E-state index in [0.29, 0.717) is 5.69 Å². The number of nitrogens with zero attached hydrogens (tertiary/aromatic N) is 3. The molecule has 17 heavy (non-hydrogen) atoms. The highest BCUT2D eigenvalue weighted by Gasteiger charge is 2.30. The first-order valence-electron chi connectivity index (χ1n) is 5.87. The molecule has 0 radical (unpaired) electrons. The van der Waals surface area contributed by atoms with Gasteiger partial charge in [0, 0.05) is 13.6 Å². The molecule has 1 aromatic heterocycles. The van der Waals surface area contributed by atoms with Crippen LogP contribution in [-0.2, 0) is 11.8 Å². The number of hydrogen-bond donors (Lipinski definition) is 2. The first-order chi connectivity index (χ1) is 8.02. The number of carbonyl (C=O) groups is 1. The zero-order chi connectivity index (χ0) is 12.6. The summed E-state index contributed by atoms with van der Waals surface area (Å²) < 4.78 is 1.73. The molecule has 1 amide bonds. The Morgan fingerprint density at radius 2 is 2.18 bits per heavy atom. The smallest absolute Gasteiger partial charge is 0.240 e. The van der Waals surface area contributed by atoms with Gasteiger partial charge in [0.05, 0.1) is 11.4 Å². The van der Waals surface area contributed by atoms with E-state index in [2.05, 4.69) is 5.10 Å². The monoisotopic (exact) mass is 237 g/mol. The van der Waals surface area contributed by atoms with Crippen molar-refractivity contribution < 1.29 is 4.79 Å². The third-order valence-corrected chi connectivity index (χ3v) is 3.34. The molecule has 6 nitrogen and oxygen atoms in total. The molecule has 1 atom stereocenters. The van der Waals surface area contributed by atoms with Crippen molar-refractivity contribution in [3.05, 3.63) is 5.69 Å². The average molecular weight is 237 g/mol. The highest BCUT2D eigenvalue weighted by molar-refractivity contribution is 5.85. The number of nitrogen functional groups attached to an aromatic ring is 1. The molecule has 1 unspecified atom stereocenters. The second-order valence-electron chi connectivity index (χ2n) is 4.55. The van der Waals surface area contributed by atoms with Crippen molar-refractivity contribution in [2.75, 3.05) is 17.2 Å². The fourth-order valence-corrected chi connectivity index (χ4v) is 2.48. The van der Waals surface area contributed by atoms with Crippen LogP contribution in [0.3, 0.4) is 0 Å². The first kappa shape index (κ1) is 11.8. The predicted octanol–water partition coefficient (Wildman–Crippen LogP) is 0.155. The van der Waals surface area contributed by atoms with Crippen LogP contribution in [0.1, 0.15) is 25.0 Å². The minimum atomic E-state index is -0.289. The van der Waals surface area contributed by atoms with Crippen LogP contribution >= 0.6 is 0 Å². The molecule has 2 heterocycles. The number of carbonyl (C=O) groups excluding carboxylic acids is 1. The van der Waals surface area contributed by atoms with Gasteiger partial charge in [0.1, 0.15) is 6.04 Å². The van der Waals surface area contributed by atoms with E-state index in [0.717, 1.165) is 37.3 Å². The Morgan fingerprint density at radius 1 is 1.47 bits per heavy atom. The van der Waals surface area contributed by atoms with E-state index in [1.165, 1.54) is 0 Å². The SMILES string of the molecule is Cc1nn(C)c(N2CCCCC2C(N)=O)c1N. The molecular weight excluding hydrogens is 218 g/mol. The van der Waals surface area contributed by atoms with E-state index in [1.54, 1.807) is 4.68 Å². The molecule has 1 saturated heterocycles. The topological polar surface area (TPSA) is 90.2 Å². The lowest BCUT2D eigenvalue weighted by Gasteiger charge is -2.35. The fourth-order valence-electron chi connectivity index (χ4n) is 2.48. The summed E-state index contributed by atoms with van der Waals surface area (Å²) in [7, 11) is 1.84. The van der Waals surface area contributed by atoms with Gasteiger partial charge in [-0.05, 0) is 26.2 Å². The van der Waals surface area contributed by atoms with Crippen LogP contribution in [-0.4, -0.2) is 28.3 Å². The minimum Gasteiger partial charge on any atom is -0.394 e. The van der Waals surface area contributed by atoms with Crippen LogP contribution in [0, 0.1) is 6.92 Å². The predicted molar refractivity (Wildman–Crippen MR) is 66.5 cm³/mol.